The second kappa shape index (κ2) is 3.42. The lowest BCUT2D eigenvalue weighted by Gasteiger charge is -2.28. The molecule has 1 unspecified atom stereocenters. The predicted molar refractivity (Wildman–Crippen MR) is 53.5 cm³/mol. The molecule has 0 N–H and O–H groups in total. The topological polar surface area (TPSA) is 27.1 Å². The molecule has 1 atom stereocenters. The molecule has 2 heterocycles. The standard InChI is InChI=1S/C9H13BrN2O/c1-6(2)7-4-13-5-9-11-8(10)3-12(7)9/h3,6-7H,4-5H2,1-2H3. The Labute approximate surface area is 86.2 Å². The van der Waals surface area contributed by atoms with E-state index in [4.69, 9.17) is 4.74 Å². The molecule has 72 valence electrons. The Morgan fingerprint density at radius 1 is 1.69 bits per heavy atom. The van der Waals surface area contributed by atoms with E-state index < -0.39 is 0 Å². The summed E-state index contributed by atoms with van der Waals surface area (Å²) in [5.41, 5.74) is 0. The smallest absolute Gasteiger partial charge is 0.136 e. The first-order valence-electron chi connectivity index (χ1n) is 4.49. The van der Waals surface area contributed by atoms with E-state index in [0.717, 1.165) is 17.0 Å². The third-order valence-electron chi connectivity index (χ3n) is 2.43. The summed E-state index contributed by atoms with van der Waals surface area (Å²) >= 11 is 3.38. The summed E-state index contributed by atoms with van der Waals surface area (Å²) < 4.78 is 8.60. The highest BCUT2D eigenvalue weighted by atomic mass is 79.9. The zero-order valence-electron chi connectivity index (χ0n) is 7.83. The van der Waals surface area contributed by atoms with Crippen LogP contribution in [0.2, 0.25) is 0 Å². The lowest BCUT2D eigenvalue weighted by atomic mass is 10.0. The molecule has 0 radical (unpaired) electrons. The van der Waals surface area contributed by atoms with E-state index in [-0.39, 0.29) is 0 Å². The molecular weight excluding hydrogens is 232 g/mol. The molecule has 1 aromatic heterocycles. The second-order valence-electron chi connectivity index (χ2n) is 3.71. The van der Waals surface area contributed by atoms with Gasteiger partial charge in [-0.25, -0.2) is 4.98 Å². The molecule has 1 aliphatic heterocycles. The average Bonchev–Trinajstić information content (AvgIpc) is 2.43. The summed E-state index contributed by atoms with van der Waals surface area (Å²) in [6, 6.07) is 0.433. The van der Waals surface area contributed by atoms with Gasteiger partial charge in [0.2, 0.25) is 0 Å². The zero-order chi connectivity index (χ0) is 9.42. The van der Waals surface area contributed by atoms with Crippen molar-refractivity contribution in [1.82, 2.24) is 9.55 Å². The van der Waals surface area contributed by atoms with Crippen LogP contribution >= 0.6 is 15.9 Å². The first kappa shape index (κ1) is 9.21. The molecule has 0 bridgehead atoms. The first-order chi connectivity index (χ1) is 6.18. The van der Waals surface area contributed by atoms with E-state index in [1.165, 1.54) is 0 Å². The van der Waals surface area contributed by atoms with Gasteiger partial charge in [-0.05, 0) is 21.8 Å². The Morgan fingerprint density at radius 3 is 3.15 bits per heavy atom. The predicted octanol–water partition coefficient (Wildman–Crippen LogP) is 2.37. The highest BCUT2D eigenvalue weighted by Gasteiger charge is 2.23. The van der Waals surface area contributed by atoms with Crippen LogP contribution in [0.4, 0.5) is 0 Å². The summed E-state index contributed by atoms with van der Waals surface area (Å²) in [7, 11) is 0. The van der Waals surface area contributed by atoms with Crippen molar-refractivity contribution in [3.05, 3.63) is 16.6 Å². The lowest BCUT2D eigenvalue weighted by molar-refractivity contribution is 0.0397. The molecule has 0 amide bonds. The monoisotopic (exact) mass is 244 g/mol. The van der Waals surface area contributed by atoms with Gasteiger partial charge in [0, 0.05) is 6.20 Å². The van der Waals surface area contributed by atoms with E-state index in [9.17, 15) is 0 Å². The number of rotatable bonds is 1. The van der Waals surface area contributed by atoms with E-state index in [0.29, 0.717) is 18.6 Å². The summed E-state index contributed by atoms with van der Waals surface area (Å²) in [4.78, 5) is 4.34. The molecule has 13 heavy (non-hydrogen) atoms. The normalized spacial score (nSPS) is 22.0. The largest absolute Gasteiger partial charge is 0.371 e. The lowest BCUT2D eigenvalue weighted by Crippen LogP contribution is -2.27. The molecule has 2 rings (SSSR count). The van der Waals surface area contributed by atoms with Crippen LogP contribution in [0.5, 0.6) is 0 Å². The van der Waals surface area contributed by atoms with E-state index in [1.54, 1.807) is 0 Å². The van der Waals surface area contributed by atoms with Gasteiger partial charge < -0.3 is 9.30 Å². The number of fused-ring (bicyclic) bond motifs is 1. The second-order valence-corrected chi connectivity index (χ2v) is 4.53. The number of aromatic nitrogens is 2. The van der Waals surface area contributed by atoms with Crippen molar-refractivity contribution in [3.8, 4) is 0 Å². The quantitative estimate of drug-likeness (QED) is 0.759. The average molecular weight is 245 g/mol. The van der Waals surface area contributed by atoms with Gasteiger partial charge >= 0.3 is 0 Å². The minimum absolute atomic E-state index is 0.433. The molecule has 0 aliphatic carbocycles. The third-order valence-corrected chi connectivity index (χ3v) is 2.81. The van der Waals surface area contributed by atoms with Gasteiger partial charge in [-0.3, -0.25) is 0 Å². The van der Waals surface area contributed by atoms with Gasteiger partial charge in [0.15, 0.2) is 0 Å². The Morgan fingerprint density at radius 2 is 2.46 bits per heavy atom. The highest BCUT2D eigenvalue weighted by molar-refractivity contribution is 9.10. The fourth-order valence-electron chi connectivity index (χ4n) is 1.66. The van der Waals surface area contributed by atoms with Gasteiger partial charge in [-0.2, -0.15) is 0 Å². The van der Waals surface area contributed by atoms with Crippen LogP contribution in [0.15, 0.2) is 10.8 Å². The molecule has 1 aromatic rings. The minimum Gasteiger partial charge on any atom is -0.371 e. The van der Waals surface area contributed by atoms with Crippen molar-refractivity contribution in [2.75, 3.05) is 6.61 Å². The number of halogens is 1. The number of ether oxygens (including phenoxy) is 1. The maximum Gasteiger partial charge on any atom is 0.136 e. The van der Waals surface area contributed by atoms with Crippen molar-refractivity contribution in [1.29, 1.82) is 0 Å². The number of imidazole rings is 1. The van der Waals surface area contributed by atoms with Crippen LogP contribution in [0.1, 0.15) is 25.7 Å². The summed E-state index contributed by atoms with van der Waals surface area (Å²) in [5, 5.41) is 0. The highest BCUT2D eigenvalue weighted by Crippen LogP contribution is 2.26. The first-order valence-corrected chi connectivity index (χ1v) is 5.29. The van der Waals surface area contributed by atoms with Crippen LogP contribution in [0.3, 0.4) is 0 Å². The van der Waals surface area contributed by atoms with Crippen LogP contribution in [-0.2, 0) is 11.3 Å². The number of hydrogen-bond acceptors (Lipinski definition) is 2. The van der Waals surface area contributed by atoms with Crippen molar-refractivity contribution < 1.29 is 4.74 Å². The van der Waals surface area contributed by atoms with Crippen molar-refractivity contribution in [3.63, 3.8) is 0 Å². The molecule has 0 spiro atoms. The third kappa shape index (κ3) is 1.65. The Kier molecular flexibility index (Phi) is 2.43. The van der Waals surface area contributed by atoms with E-state index in [1.807, 2.05) is 6.20 Å². The molecule has 4 heteroatoms. The molecule has 3 nitrogen and oxygen atoms in total. The van der Waals surface area contributed by atoms with Crippen LogP contribution in [-0.4, -0.2) is 16.2 Å². The number of hydrogen-bond donors (Lipinski definition) is 0. The van der Waals surface area contributed by atoms with Crippen molar-refractivity contribution in [2.24, 2.45) is 5.92 Å². The van der Waals surface area contributed by atoms with Gasteiger partial charge in [0.1, 0.15) is 17.0 Å². The van der Waals surface area contributed by atoms with Crippen LogP contribution < -0.4 is 0 Å². The van der Waals surface area contributed by atoms with Crippen LogP contribution in [0, 0.1) is 5.92 Å². The molecule has 0 aromatic carbocycles. The van der Waals surface area contributed by atoms with E-state index >= 15 is 0 Å². The molecule has 1 aliphatic rings. The zero-order valence-corrected chi connectivity index (χ0v) is 9.41. The van der Waals surface area contributed by atoms with E-state index in [2.05, 4.69) is 39.3 Å². The Bertz CT molecular complexity index is 309. The molecular formula is C9H13BrN2O. The molecule has 0 saturated carbocycles. The summed E-state index contributed by atoms with van der Waals surface area (Å²) in [5.74, 6) is 1.61. The SMILES string of the molecule is CC(C)C1COCc2nc(Br)cn21. The number of nitrogens with zero attached hydrogens (tertiary/aromatic N) is 2. The fraction of sp³-hybridized carbons (Fsp3) is 0.667. The minimum atomic E-state index is 0.433. The van der Waals surface area contributed by atoms with Gasteiger partial charge in [-0.1, -0.05) is 13.8 Å². The molecule has 0 fully saturated rings. The van der Waals surface area contributed by atoms with Gasteiger partial charge in [0.25, 0.3) is 0 Å². The fourth-order valence-corrected chi connectivity index (χ4v) is 2.08. The summed E-state index contributed by atoms with van der Waals surface area (Å²) in [6.07, 6.45) is 2.04. The Hall–Kier alpha value is -0.350. The van der Waals surface area contributed by atoms with Crippen molar-refractivity contribution in [2.45, 2.75) is 26.5 Å². The maximum atomic E-state index is 5.48. The summed E-state index contributed by atoms with van der Waals surface area (Å²) in [6.45, 7) is 5.84. The molecule has 0 saturated heterocycles. The van der Waals surface area contributed by atoms with Gasteiger partial charge in [0.05, 0.1) is 12.6 Å². The van der Waals surface area contributed by atoms with Gasteiger partial charge in [-0.15, -0.1) is 0 Å². The Balaban J connectivity index is 2.36. The van der Waals surface area contributed by atoms with Crippen molar-refractivity contribution >= 4 is 15.9 Å². The maximum absolute atomic E-state index is 5.48. The van der Waals surface area contributed by atoms with Crippen LogP contribution in [0.25, 0.3) is 0 Å².